The van der Waals surface area contributed by atoms with Gasteiger partial charge in [-0.05, 0) is 12.8 Å². The molecule has 1 heterocycles. The second kappa shape index (κ2) is 5.58. The van der Waals surface area contributed by atoms with Gasteiger partial charge >= 0.3 is 0 Å². The molecule has 0 amide bonds. The van der Waals surface area contributed by atoms with Gasteiger partial charge in [-0.3, -0.25) is 0 Å². The summed E-state index contributed by atoms with van der Waals surface area (Å²) in [7, 11) is 0. The number of nitrogens with one attached hydrogen (secondary N) is 3. The second-order valence-electron chi connectivity index (χ2n) is 3.84. The average Bonchev–Trinajstić information content (AvgIpc) is 2.29. The molecule has 0 aromatic rings. The molecular weight excluding hydrogens is 162 g/mol. The van der Waals surface area contributed by atoms with Gasteiger partial charge < -0.3 is 16.0 Å². The molecule has 0 unspecified atom stereocenters. The molecule has 13 heavy (non-hydrogen) atoms. The zero-order valence-corrected chi connectivity index (χ0v) is 8.95. The van der Waals surface area contributed by atoms with E-state index in [0.29, 0.717) is 5.54 Å². The minimum absolute atomic E-state index is 0.325. The molecule has 0 saturated carbocycles. The van der Waals surface area contributed by atoms with E-state index in [0.717, 1.165) is 32.7 Å². The van der Waals surface area contributed by atoms with Crippen LogP contribution in [0, 0.1) is 0 Å². The highest BCUT2D eigenvalue weighted by Gasteiger charge is 2.24. The van der Waals surface area contributed by atoms with E-state index in [4.69, 9.17) is 0 Å². The van der Waals surface area contributed by atoms with Crippen molar-refractivity contribution < 1.29 is 0 Å². The Balaban J connectivity index is 2.47. The van der Waals surface area contributed by atoms with Crippen LogP contribution in [-0.2, 0) is 0 Å². The SMILES string of the molecule is CCC1(CC)CNCCNCCN1. The second-order valence-corrected chi connectivity index (χ2v) is 3.84. The Bertz CT molecular complexity index is 120. The first-order chi connectivity index (χ1) is 6.33. The summed E-state index contributed by atoms with van der Waals surface area (Å²) in [5.41, 5.74) is 0.325. The van der Waals surface area contributed by atoms with Gasteiger partial charge in [-0.2, -0.15) is 0 Å². The molecule has 0 radical (unpaired) electrons. The van der Waals surface area contributed by atoms with Gasteiger partial charge in [0.2, 0.25) is 0 Å². The molecule has 0 atom stereocenters. The Morgan fingerprint density at radius 1 is 0.923 bits per heavy atom. The summed E-state index contributed by atoms with van der Waals surface area (Å²) in [4.78, 5) is 0. The lowest BCUT2D eigenvalue weighted by Crippen LogP contribution is -2.52. The standard InChI is InChI=1S/C10H23N3/c1-3-10(4-2)9-12-6-5-11-7-8-13-10/h11-13H,3-9H2,1-2H3. The van der Waals surface area contributed by atoms with Crippen molar-refractivity contribution >= 4 is 0 Å². The summed E-state index contributed by atoms with van der Waals surface area (Å²) in [6.07, 6.45) is 2.41. The molecule has 1 aliphatic rings. The lowest BCUT2D eigenvalue weighted by Gasteiger charge is -2.32. The zero-order chi connectivity index (χ0) is 9.57. The van der Waals surface area contributed by atoms with Crippen molar-refractivity contribution in [2.45, 2.75) is 32.2 Å². The molecule has 1 fully saturated rings. The van der Waals surface area contributed by atoms with E-state index in [2.05, 4.69) is 29.8 Å². The predicted molar refractivity (Wildman–Crippen MR) is 57.1 cm³/mol. The minimum atomic E-state index is 0.325. The molecule has 0 aliphatic carbocycles. The van der Waals surface area contributed by atoms with E-state index in [1.807, 2.05) is 0 Å². The van der Waals surface area contributed by atoms with E-state index in [-0.39, 0.29) is 0 Å². The van der Waals surface area contributed by atoms with Crippen LogP contribution < -0.4 is 16.0 Å². The molecule has 0 aromatic carbocycles. The number of rotatable bonds is 2. The fourth-order valence-electron chi connectivity index (χ4n) is 1.86. The third-order valence-corrected chi connectivity index (χ3v) is 3.10. The monoisotopic (exact) mass is 185 g/mol. The van der Waals surface area contributed by atoms with Gasteiger partial charge in [-0.25, -0.2) is 0 Å². The summed E-state index contributed by atoms with van der Waals surface area (Å²) < 4.78 is 0. The highest BCUT2D eigenvalue weighted by Crippen LogP contribution is 2.13. The largest absolute Gasteiger partial charge is 0.314 e. The maximum atomic E-state index is 3.65. The van der Waals surface area contributed by atoms with Crippen LogP contribution in [0.4, 0.5) is 0 Å². The van der Waals surface area contributed by atoms with E-state index < -0.39 is 0 Å². The molecule has 3 nitrogen and oxygen atoms in total. The van der Waals surface area contributed by atoms with Crippen LogP contribution in [0.25, 0.3) is 0 Å². The third kappa shape index (κ3) is 3.25. The van der Waals surface area contributed by atoms with E-state index in [1.165, 1.54) is 12.8 Å². The van der Waals surface area contributed by atoms with Gasteiger partial charge in [-0.15, -0.1) is 0 Å². The van der Waals surface area contributed by atoms with Crippen LogP contribution in [0.3, 0.4) is 0 Å². The van der Waals surface area contributed by atoms with Crippen molar-refractivity contribution in [2.75, 3.05) is 32.7 Å². The Morgan fingerprint density at radius 3 is 2.23 bits per heavy atom. The van der Waals surface area contributed by atoms with Crippen LogP contribution in [0.5, 0.6) is 0 Å². The Kier molecular flexibility index (Phi) is 4.70. The van der Waals surface area contributed by atoms with Crippen molar-refractivity contribution in [2.24, 2.45) is 0 Å². The van der Waals surface area contributed by atoms with Crippen molar-refractivity contribution in [1.82, 2.24) is 16.0 Å². The van der Waals surface area contributed by atoms with Crippen molar-refractivity contribution in [3.63, 3.8) is 0 Å². The normalized spacial score (nSPS) is 24.5. The number of hydrogen-bond acceptors (Lipinski definition) is 3. The molecule has 3 N–H and O–H groups in total. The minimum Gasteiger partial charge on any atom is -0.314 e. The molecule has 0 spiro atoms. The summed E-state index contributed by atoms with van der Waals surface area (Å²) in [5.74, 6) is 0. The van der Waals surface area contributed by atoms with E-state index >= 15 is 0 Å². The third-order valence-electron chi connectivity index (χ3n) is 3.10. The first-order valence-corrected chi connectivity index (χ1v) is 5.49. The molecule has 1 aliphatic heterocycles. The molecule has 1 rings (SSSR count). The molecule has 0 bridgehead atoms. The van der Waals surface area contributed by atoms with Crippen molar-refractivity contribution in [1.29, 1.82) is 0 Å². The van der Waals surface area contributed by atoms with Gasteiger partial charge in [0.15, 0.2) is 0 Å². The van der Waals surface area contributed by atoms with Crippen molar-refractivity contribution in [3.05, 3.63) is 0 Å². The summed E-state index contributed by atoms with van der Waals surface area (Å²) >= 11 is 0. The molecule has 1 saturated heterocycles. The maximum absolute atomic E-state index is 3.65. The van der Waals surface area contributed by atoms with Gasteiger partial charge in [0.1, 0.15) is 0 Å². The lowest BCUT2D eigenvalue weighted by molar-refractivity contribution is 0.296. The highest BCUT2D eigenvalue weighted by molar-refractivity contribution is 4.88. The van der Waals surface area contributed by atoms with Gasteiger partial charge in [0, 0.05) is 38.3 Å². The van der Waals surface area contributed by atoms with Crippen LogP contribution >= 0.6 is 0 Å². The predicted octanol–water partition coefficient (Wildman–Crippen LogP) is 0.328. The molecule has 0 aromatic heterocycles. The van der Waals surface area contributed by atoms with E-state index in [1.54, 1.807) is 0 Å². The number of hydrogen-bond donors (Lipinski definition) is 3. The fraction of sp³-hybridized carbons (Fsp3) is 1.00. The summed E-state index contributed by atoms with van der Waals surface area (Å²) in [5, 5.41) is 10.5. The first kappa shape index (κ1) is 11.0. The molecular formula is C10H23N3. The van der Waals surface area contributed by atoms with E-state index in [9.17, 15) is 0 Å². The highest BCUT2D eigenvalue weighted by atomic mass is 15.1. The van der Waals surface area contributed by atoms with Crippen LogP contribution in [0.1, 0.15) is 26.7 Å². The Hall–Kier alpha value is -0.120. The smallest absolute Gasteiger partial charge is 0.0301 e. The molecule has 3 heteroatoms. The Morgan fingerprint density at radius 2 is 1.54 bits per heavy atom. The lowest BCUT2D eigenvalue weighted by atomic mass is 9.92. The van der Waals surface area contributed by atoms with Crippen LogP contribution in [0.15, 0.2) is 0 Å². The Labute approximate surface area is 81.7 Å². The average molecular weight is 185 g/mol. The van der Waals surface area contributed by atoms with Gasteiger partial charge in [-0.1, -0.05) is 13.8 Å². The quantitative estimate of drug-likeness (QED) is 0.580. The van der Waals surface area contributed by atoms with Crippen molar-refractivity contribution in [3.8, 4) is 0 Å². The summed E-state index contributed by atoms with van der Waals surface area (Å²) in [6.45, 7) is 9.98. The van der Waals surface area contributed by atoms with Crippen LogP contribution in [-0.4, -0.2) is 38.3 Å². The fourth-order valence-corrected chi connectivity index (χ4v) is 1.86. The molecule has 78 valence electrons. The summed E-state index contributed by atoms with van der Waals surface area (Å²) in [6, 6.07) is 0. The first-order valence-electron chi connectivity index (χ1n) is 5.49. The topological polar surface area (TPSA) is 36.1 Å². The zero-order valence-electron chi connectivity index (χ0n) is 8.95. The van der Waals surface area contributed by atoms with Crippen LogP contribution in [0.2, 0.25) is 0 Å². The van der Waals surface area contributed by atoms with Gasteiger partial charge in [0.25, 0.3) is 0 Å². The maximum Gasteiger partial charge on any atom is 0.0301 e. The van der Waals surface area contributed by atoms with Gasteiger partial charge in [0.05, 0.1) is 0 Å².